The smallest absolute Gasteiger partial charge is 0.143 e. The lowest BCUT2D eigenvalue weighted by atomic mass is 10.2. The second-order valence-corrected chi connectivity index (χ2v) is 4.04. The van der Waals surface area contributed by atoms with Crippen LogP contribution in [0.25, 0.3) is 10.1 Å². The van der Waals surface area contributed by atoms with Crippen LogP contribution in [0.15, 0.2) is 29.4 Å². The van der Waals surface area contributed by atoms with Crippen LogP contribution in [0, 0.1) is 0 Å². The Balaban J connectivity index is 0.00000112. The second-order valence-electron chi connectivity index (χ2n) is 2.99. The van der Waals surface area contributed by atoms with Crippen molar-refractivity contribution in [2.45, 2.75) is 6.92 Å². The van der Waals surface area contributed by atoms with Gasteiger partial charge in [-0.25, -0.2) is 0 Å². The van der Waals surface area contributed by atoms with Crippen LogP contribution in [0.3, 0.4) is 0 Å². The summed E-state index contributed by atoms with van der Waals surface area (Å²) in [5.74, 6) is 5.45. The Labute approximate surface area is 91.0 Å². The number of aromatic hydroxyl groups is 1. The maximum absolute atomic E-state index is 9.87. The zero-order valence-corrected chi connectivity index (χ0v) is 9.01. The SMILES string of the molecule is C/C(=N/N)c1sc2ccccc2c1O.O. The van der Waals surface area contributed by atoms with Crippen LogP contribution < -0.4 is 5.84 Å². The van der Waals surface area contributed by atoms with Crippen molar-refractivity contribution in [2.75, 3.05) is 0 Å². The highest BCUT2D eigenvalue weighted by molar-refractivity contribution is 7.21. The molecule has 0 aliphatic rings. The highest BCUT2D eigenvalue weighted by Gasteiger charge is 2.12. The molecule has 4 nitrogen and oxygen atoms in total. The Bertz CT molecular complexity index is 505. The molecule has 0 fully saturated rings. The molecule has 0 saturated heterocycles. The number of hydrazone groups is 1. The van der Waals surface area contributed by atoms with Gasteiger partial charge in [-0.3, -0.25) is 0 Å². The predicted molar refractivity (Wildman–Crippen MR) is 63.5 cm³/mol. The van der Waals surface area contributed by atoms with Crippen molar-refractivity contribution in [1.29, 1.82) is 0 Å². The van der Waals surface area contributed by atoms with Gasteiger partial charge >= 0.3 is 0 Å². The third kappa shape index (κ3) is 1.79. The van der Waals surface area contributed by atoms with E-state index in [0.29, 0.717) is 5.71 Å². The third-order valence-corrected chi connectivity index (χ3v) is 3.36. The Hall–Kier alpha value is -1.59. The van der Waals surface area contributed by atoms with Gasteiger partial charge in [0.05, 0.1) is 10.6 Å². The van der Waals surface area contributed by atoms with E-state index < -0.39 is 0 Å². The number of hydrogen-bond donors (Lipinski definition) is 2. The summed E-state index contributed by atoms with van der Waals surface area (Å²) in [6, 6.07) is 7.69. The molecule has 15 heavy (non-hydrogen) atoms. The number of fused-ring (bicyclic) bond motifs is 1. The lowest BCUT2D eigenvalue weighted by molar-refractivity contribution is 0.482. The molecule has 0 unspecified atom stereocenters. The van der Waals surface area contributed by atoms with Crippen molar-refractivity contribution < 1.29 is 10.6 Å². The number of benzene rings is 1. The molecule has 0 aliphatic carbocycles. The van der Waals surface area contributed by atoms with Gasteiger partial charge in [0, 0.05) is 10.1 Å². The minimum atomic E-state index is 0. The minimum absolute atomic E-state index is 0. The molecule has 0 bridgehead atoms. The molecule has 0 spiro atoms. The van der Waals surface area contributed by atoms with Gasteiger partial charge < -0.3 is 16.4 Å². The second kappa shape index (κ2) is 4.29. The van der Waals surface area contributed by atoms with E-state index in [1.165, 1.54) is 11.3 Å². The van der Waals surface area contributed by atoms with Crippen LogP contribution in [-0.4, -0.2) is 16.3 Å². The molecular weight excluding hydrogens is 212 g/mol. The quantitative estimate of drug-likeness (QED) is 0.436. The summed E-state index contributed by atoms with van der Waals surface area (Å²) in [6.45, 7) is 1.78. The van der Waals surface area contributed by atoms with E-state index in [4.69, 9.17) is 5.84 Å². The topological polar surface area (TPSA) is 90.1 Å². The number of rotatable bonds is 1. The molecule has 0 saturated carbocycles. The van der Waals surface area contributed by atoms with Gasteiger partial charge in [-0.2, -0.15) is 5.10 Å². The first-order chi connectivity index (χ1) is 6.74. The van der Waals surface area contributed by atoms with Gasteiger partial charge in [-0.1, -0.05) is 12.1 Å². The third-order valence-electron chi connectivity index (χ3n) is 2.09. The summed E-state index contributed by atoms with van der Waals surface area (Å²) in [6.07, 6.45) is 0. The normalized spacial score (nSPS) is 11.4. The largest absolute Gasteiger partial charge is 0.506 e. The molecule has 0 aliphatic heterocycles. The fourth-order valence-corrected chi connectivity index (χ4v) is 2.38. The lowest BCUT2D eigenvalue weighted by Gasteiger charge is -1.94. The van der Waals surface area contributed by atoms with Crippen LogP contribution in [0.1, 0.15) is 11.8 Å². The molecule has 0 amide bonds. The van der Waals surface area contributed by atoms with Gasteiger partial charge in [0.1, 0.15) is 5.75 Å². The molecule has 0 radical (unpaired) electrons. The lowest BCUT2D eigenvalue weighted by Crippen LogP contribution is -1.95. The van der Waals surface area contributed by atoms with Gasteiger partial charge in [0.2, 0.25) is 0 Å². The average Bonchev–Trinajstić information content (AvgIpc) is 2.56. The minimum Gasteiger partial charge on any atom is -0.506 e. The van der Waals surface area contributed by atoms with E-state index in [9.17, 15) is 5.11 Å². The van der Waals surface area contributed by atoms with E-state index in [0.717, 1.165) is 15.0 Å². The number of thiophene rings is 1. The van der Waals surface area contributed by atoms with Crippen molar-refractivity contribution in [3.05, 3.63) is 29.1 Å². The molecule has 0 atom stereocenters. The fraction of sp³-hybridized carbons (Fsp3) is 0.100. The van der Waals surface area contributed by atoms with E-state index >= 15 is 0 Å². The molecule has 5 N–H and O–H groups in total. The highest BCUT2D eigenvalue weighted by atomic mass is 32.1. The van der Waals surface area contributed by atoms with Gasteiger partial charge in [0.15, 0.2) is 0 Å². The number of nitrogens with two attached hydrogens (primary N) is 1. The summed E-state index contributed by atoms with van der Waals surface area (Å²) < 4.78 is 1.04. The maximum Gasteiger partial charge on any atom is 0.143 e. The van der Waals surface area contributed by atoms with E-state index in [1.54, 1.807) is 6.92 Å². The molecule has 1 heterocycles. The van der Waals surface area contributed by atoms with Crippen molar-refractivity contribution in [1.82, 2.24) is 0 Å². The summed E-state index contributed by atoms with van der Waals surface area (Å²) in [4.78, 5) is 0.744. The summed E-state index contributed by atoms with van der Waals surface area (Å²) in [5.41, 5.74) is 0.656. The average molecular weight is 224 g/mol. The maximum atomic E-state index is 9.87. The van der Waals surface area contributed by atoms with E-state index in [-0.39, 0.29) is 11.2 Å². The number of hydrogen-bond acceptors (Lipinski definition) is 4. The van der Waals surface area contributed by atoms with E-state index in [2.05, 4.69) is 5.10 Å². The Kier molecular flexibility index (Phi) is 3.28. The van der Waals surface area contributed by atoms with E-state index in [1.807, 2.05) is 24.3 Å². The van der Waals surface area contributed by atoms with Crippen LogP contribution in [0.4, 0.5) is 0 Å². The molecule has 1 aromatic heterocycles. The predicted octanol–water partition coefficient (Wildman–Crippen LogP) is 1.46. The van der Waals surface area contributed by atoms with Crippen LogP contribution in [0.5, 0.6) is 5.75 Å². The van der Waals surface area contributed by atoms with Crippen LogP contribution in [-0.2, 0) is 0 Å². The zero-order chi connectivity index (χ0) is 10.1. The van der Waals surface area contributed by atoms with Crippen LogP contribution in [0.2, 0.25) is 0 Å². The van der Waals surface area contributed by atoms with Gasteiger partial charge in [-0.15, -0.1) is 11.3 Å². The first kappa shape index (κ1) is 11.5. The molecular formula is C10H12N2O2S. The zero-order valence-electron chi connectivity index (χ0n) is 8.19. The molecule has 1 aromatic carbocycles. The van der Waals surface area contributed by atoms with Crippen LogP contribution >= 0.6 is 11.3 Å². The molecule has 2 rings (SSSR count). The first-order valence-corrected chi connectivity index (χ1v) is 5.01. The van der Waals surface area contributed by atoms with Crippen molar-refractivity contribution >= 4 is 27.1 Å². The number of nitrogens with zero attached hydrogens (tertiary/aromatic N) is 1. The fourth-order valence-electron chi connectivity index (χ4n) is 1.34. The molecule has 5 heteroatoms. The van der Waals surface area contributed by atoms with Gasteiger partial charge in [0.25, 0.3) is 0 Å². The highest BCUT2D eigenvalue weighted by Crippen LogP contribution is 2.36. The Morgan fingerprint density at radius 1 is 1.40 bits per heavy atom. The van der Waals surface area contributed by atoms with Crippen molar-refractivity contribution in [3.8, 4) is 5.75 Å². The first-order valence-electron chi connectivity index (χ1n) is 4.19. The van der Waals surface area contributed by atoms with Gasteiger partial charge in [-0.05, 0) is 19.1 Å². The summed E-state index contributed by atoms with van der Waals surface area (Å²) in [5, 5.41) is 14.3. The Morgan fingerprint density at radius 3 is 2.67 bits per heavy atom. The Morgan fingerprint density at radius 2 is 2.07 bits per heavy atom. The standard InChI is InChI=1S/C10H10N2OS.H2O/c1-6(12-11)10-9(13)7-4-2-3-5-8(7)14-10;/h2-5,13H,11H2,1H3;1H2/b12-6-;. The molecule has 2 aromatic rings. The molecule has 80 valence electrons. The summed E-state index contributed by atoms with van der Waals surface area (Å²) >= 11 is 1.50. The monoisotopic (exact) mass is 224 g/mol. The van der Waals surface area contributed by atoms with Crippen molar-refractivity contribution in [3.63, 3.8) is 0 Å². The van der Waals surface area contributed by atoms with Crippen molar-refractivity contribution in [2.24, 2.45) is 10.9 Å². The summed E-state index contributed by atoms with van der Waals surface area (Å²) in [7, 11) is 0.